The molecule has 1 aromatic carbocycles. The van der Waals surface area contributed by atoms with E-state index in [0.29, 0.717) is 27.0 Å². The number of nitrogens with zero attached hydrogens (tertiary/aromatic N) is 3. The summed E-state index contributed by atoms with van der Waals surface area (Å²) in [6, 6.07) is 11.1. The normalized spacial score (nSPS) is 11.9. The number of thiophene rings is 1. The van der Waals surface area contributed by atoms with E-state index in [1.54, 1.807) is 12.1 Å². The minimum Gasteiger partial charge on any atom is -0.301 e. The number of nitrogens with one attached hydrogen (secondary N) is 1. The number of fused-ring (bicyclic) bond motifs is 1. The number of nitriles is 1. The lowest BCUT2D eigenvalue weighted by molar-refractivity contribution is -0.116. The van der Waals surface area contributed by atoms with Crippen LogP contribution in [0.25, 0.3) is 10.2 Å². The average molecular weight is 441 g/mol. The van der Waals surface area contributed by atoms with E-state index >= 15 is 0 Å². The number of hydrogen-bond acceptors (Lipinski definition) is 6. The molecule has 1 N–H and O–H groups in total. The molecule has 0 saturated carbocycles. The first-order valence-corrected chi connectivity index (χ1v) is 11.6. The van der Waals surface area contributed by atoms with Gasteiger partial charge in [-0.25, -0.2) is 4.98 Å². The number of carbonyl (C=O) groups is 1. The highest BCUT2D eigenvalue weighted by Gasteiger charge is 2.19. The molecule has 0 fully saturated rings. The number of aromatic amines is 1. The van der Waals surface area contributed by atoms with Crippen molar-refractivity contribution >= 4 is 44.9 Å². The molecule has 0 aliphatic heterocycles. The van der Waals surface area contributed by atoms with Crippen molar-refractivity contribution in [3.63, 3.8) is 0 Å². The number of aromatic nitrogens is 2. The third-order valence-corrected chi connectivity index (χ3v) is 6.92. The van der Waals surface area contributed by atoms with Crippen molar-refractivity contribution in [1.82, 2.24) is 9.97 Å². The number of aryl methyl sites for hydroxylation is 1. The minimum absolute atomic E-state index is 0.0323. The number of carbonyl (C=O) groups excluding carboxylic acids is 1. The van der Waals surface area contributed by atoms with Gasteiger partial charge in [-0.15, -0.1) is 11.3 Å². The van der Waals surface area contributed by atoms with Crippen LogP contribution in [0.15, 0.2) is 40.3 Å². The van der Waals surface area contributed by atoms with Gasteiger partial charge in [-0.3, -0.25) is 14.5 Å². The molecule has 0 bridgehead atoms. The first-order chi connectivity index (χ1) is 14.4. The molecular formula is C22H24N4O2S2. The second kappa shape index (κ2) is 9.92. The van der Waals surface area contributed by atoms with E-state index in [1.807, 2.05) is 31.2 Å². The molecule has 3 aromatic rings. The van der Waals surface area contributed by atoms with Crippen LogP contribution in [-0.2, 0) is 11.2 Å². The highest BCUT2D eigenvalue weighted by Crippen LogP contribution is 2.30. The highest BCUT2D eigenvalue weighted by molar-refractivity contribution is 7.99. The van der Waals surface area contributed by atoms with Crippen molar-refractivity contribution in [1.29, 1.82) is 5.26 Å². The zero-order valence-electron chi connectivity index (χ0n) is 17.3. The molecule has 0 aliphatic rings. The molecule has 3 rings (SSSR count). The summed E-state index contributed by atoms with van der Waals surface area (Å²) in [4.78, 5) is 36.1. The van der Waals surface area contributed by atoms with Crippen molar-refractivity contribution in [3.8, 4) is 6.07 Å². The van der Waals surface area contributed by atoms with Crippen molar-refractivity contribution in [3.05, 3.63) is 51.1 Å². The molecule has 2 heterocycles. The maximum Gasteiger partial charge on any atom is 0.260 e. The Morgan fingerprint density at radius 1 is 1.37 bits per heavy atom. The van der Waals surface area contributed by atoms with E-state index < -0.39 is 0 Å². The smallest absolute Gasteiger partial charge is 0.260 e. The lowest BCUT2D eigenvalue weighted by Crippen LogP contribution is -2.32. The summed E-state index contributed by atoms with van der Waals surface area (Å²) in [6.07, 6.45) is 1.91. The molecule has 1 atom stereocenters. The first kappa shape index (κ1) is 22.1. The third-order valence-electron chi connectivity index (χ3n) is 5.02. The van der Waals surface area contributed by atoms with E-state index in [4.69, 9.17) is 5.26 Å². The number of thioether (sulfide) groups is 1. The van der Waals surface area contributed by atoms with Crippen LogP contribution in [0.5, 0.6) is 0 Å². The van der Waals surface area contributed by atoms with Gasteiger partial charge >= 0.3 is 0 Å². The maximum atomic E-state index is 12.8. The largest absolute Gasteiger partial charge is 0.301 e. The first-order valence-electron chi connectivity index (χ1n) is 9.82. The van der Waals surface area contributed by atoms with Crippen LogP contribution in [0.1, 0.15) is 30.7 Å². The zero-order chi connectivity index (χ0) is 21.7. The number of rotatable bonds is 8. The molecule has 1 amide bonds. The number of H-pyrrole nitrogens is 1. The van der Waals surface area contributed by atoms with Crippen LogP contribution >= 0.6 is 23.1 Å². The number of para-hydroxylation sites is 1. The monoisotopic (exact) mass is 440 g/mol. The SMILES string of the molecule is CCC(C)Cc1c(C)sc2nc(SCC(=O)N(CC#N)c3ccccc3)[nH]c(=O)c12. The van der Waals surface area contributed by atoms with Gasteiger partial charge in [-0.05, 0) is 37.0 Å². The van der Waals surface area contributed by atoms with E-state index in [1.165, 1.54) is 28.0 Å². The predicted octanol–water partition coefficient (Wildman–Crippen LogP) is 4.53. The molecule has 30 heavy (non-hydrogen) atoms. The van der Waals surface area contributed by atoms with Crippen molar-refractivity contribution in [2.75, 3.05) is 17.2 Å². The van der Waals surface area contributed by atoms with Crippen molar-refractivity contribution < 1.29 is 4.79 Å². The topological polar surface area (TPSA) is 89.8 Å². The average Bonchev–Trinajstić information content (AvgIpc) is 3.06. The summed E-state index contributed by atoms with van der Waals surface area (Å²) in [5.41, 5.74) is 1.59. The highest BCUT2D eigenvalue weighted by atomic mass is 32.2. The summed E-state index contributed by atoms with van der Waals surface area (Å²) in [5.74, 6) is 0.363. The fourth-order valence-electron chi connectivity index (χ4n) is 3.17. The van der Waals surface area contributed by atoms with E-state index in [-0.39, 0.29) is 23.8 Å². The number of anilines is 1. The van der Waals surface area contributed by atoms with E-state index in [2.05, 4.69) is 23.8 Å². The second-order valence-electron chi connectivity index (χ2n) is 7.17. The number of benzene rings is 1. The summed E-state index contributed by atoms with van der Waals surface area (Å²) < 4.78 is 0. The molecule has 0 radical (unpaired) electrons. The molecule has 2 aromatic heterocycles. The van der Waals surface area contributed by atoms with Crippen LogP contribution in [-0.4, -0.2) is 28.2 Å². The Morgan fingerprint density at radius 2 is 2.10 bits per heavy atom. The fourth-order valence-corrected chi connectivity index (χ4v) is 5.02. The van der Waals surface area contributed by atoms with Crippen LogP contribution < -0.4 is 10.5 Å². The van der Waals surface area contributed by atoms with Gasteiger partial charge in [0.15, 0.2) is 5.16 Å². The molecule has 6 nitrogen and oxygen atoms in total. The molecule has 156 valence electrons. The number of amides is 1. The van der Waals surface area contributed by atoms with Gasteiger partial charge in [0.05, 0.1) is 17.2 Å². The van der Waals surface area contributed by atoms with Crippen LogP contribution in [0, 0.1) is 24.2 Å². The van der Waals surface area contributed by atoms with Gasteiger partial charge in [0.25, 0.3) is 5.56 Å². The van der Waals surface area contributed by atoms with Crippen molar-refractivity contribution in [2.45, 2.75) is 38.8 Å². The number of hydrogen-bond donors (Lipinski definition) is 1. The van der Waals surface area contributed by atoms with Crippen LogP contribution in [0.3, 0.4) is 0 Å². The lowest BCUT2D eigenvalue weighted by atomic mass is 9.98. The van der Waals surface area contributed by atoms with Crippen LogP contribution in [0.4, 0.5) is 5.69 Å². The minimum atomic E-state index is -0.213. The molecule has 8 heteroatoms. The van der Waals surface area contributed by atoms with E-state index in [0.717, 1.165) is 23.3 Å². The van der Waals surface area contributed by atoms with Gasteiger partial charge in [-0.2, -0.15) is 5.26 Å². The third kappa shape index (κ3) is 4.91. The Kier molecular flexibility index (Phi) is 7.29. The standard InChI is InChI=1S/C22H24N4O2S2/c1-4-14(2)12-17-15(3)30-21-19(17)20(28)24-22(25-21)29-13-18(27)26(11-10-23)16-8-6-5-7-9-16/h5-9,14H,4,11-13H2,1-3H3,(H,24,25,28). The second-order valence-corrected chi connectivity index (χ2v) is 9.34. The zero-order valence-corrected chi connectivity index (χ0v) is 18.9. The van der Waals surface area contributed by atoms with Crippen LogP contribution in [0.2, 0.25) is 0 Å². The van der Waals surface area contributed by atoms with Crippen molar-refractivity contribution in [2.24, 2.45) is 5.92 Å². The van der Waals surface area contributed by atoms with E-state index in [9.17, 15) is 9.59 Å². The lowest BCUT2D eigenvalue weighted by Gasteiger charge is -2.19. The quantitative estimate of drug-likeness (QED) is 0.316. The Hall–Kier alpha value is -2.63. The van der Waals surface area contributed by atoms with Gasteiger partial charge in [0.1, 0.15) is 11.4 Å². The Bertz CT molecular complexity index is 1130. The van der Waals surface area contributed by atoms with Gasteiger partial charge in [0, 0.05) is 10.6 Å². The Balaban J connectivity index is 1.80. The summed E-state index contributed by atoms with van der Waals surface area (Å²) >= 11 is 2.70. The maximum absolute atomic E-state index is 12.8. The van der Waals surface area contributed by atoms with Gasteiger partial charge < -0.3 is 4.98 Å². The Morgan fingerprint density at radius 3 is 2.77 bits per heavy atom. The Labute approximate surface area is 183 Å². The molecule has 1 unspecified atom stereocenters. The van der Waals surface area contributed by atoms with Gasteiger partial charge in [-0.1, -0.05) is 50.2 Å². The predicted molar refractivity (Wildman–Crippen MR) is 123 cm³/mol. The fraction of sp³-hybridized carbons (Fsp3) is 0.364. The molecule has 0 spiro atoms. The summed E-state index contributed by atoms with van der Waals surface area (Å²) in [7, 11) is 0. The summed E-state index contributed by atoms with van der Waals surface area (Å²) in [6.45, 7) is 6.32. The van der Waals surface area contributed by atoms with Gasteiger partial charge in [0.2, 0.25) is 5.91 Å². The molecule has 0 aliphatic carbocycles. The molecule has 0 saturated heterocycles. The molecular weight excluding hydrogens is 416 g/mol. The summed E-state index contributed by atoms with van der Waals surface area (Å²) in [5, 5.41) is 10.2.